The molecule has 2 aromatic rings. The van der Waals surface area contributed by atoms with E-state index in [9.17, 15) is 24.5 Å². The molecule has 0 aromatic carbocycles. The van der Waals surface area contributed by atoms with Gasteiger partial charge in [-0.1, -0.05) is 5.92 Å². The molecule has 0 aliphatic carbocycles. The Morgan fingerprint density at radius 2 is 2.24 bits per heavy atom. The van der Waals surface area contributed by atoms with E-state index in [0.29, 0.717) is 4.68 Å². The summed E-state index contributed by atoms with van der Waals surface area (Å²) in [6, 6.07) is 0. The molecule has 0 radical (unpaired) electrons. The lowest BCUT2D eigenvalue weighted by Gasteiger charge is -2.26. The highest BCUT2D eigenvalue weighted by Crippen LogP contribution is 2.40. The maximum absolute atomic E-state index is 14.3. The van der Waals surface area contributed by atoms with Crippen molar-refractivity contribution in [1.82, 2.24) is 14.2 Å². The Balaban J connectivity index is 2.26. The number of aliphatic hydroxyl groups is 3. The predicted molar refractivity (Wildman–Crippen MR) is 83.9 cm³/mol. The van der Waals surface area contributed by atoms with E-state index in [2.05, 4.69) is 4.98 Å². The molecule has 0 saturated carbocycles. The van der Waals surface area contributed by atoms with Crippen LogP contribution in [0.5, 0.6) is 0 Å². The van der Waals surface area contributed by atoms with E-state index >= 15 is 0 Å². The van der Waals surface area contributed by atoms with Gasteiger partial charge in [0.25, 0.3) is 5.56 Å². The Morgan fingerprint density at radius 1 is 1.60 bits per heavy atom. The van der Waals surface area contributed by atoms with Crippen LogP contribution in [0.15, 0.2) is 11.0 Å². The van der Waals surface area contributed by atoms with Crippen LogP contribution in [-0.4, -0.2) is 53.5 Å². The van der Waals surface area contributed by atoms with Crippen molar-refractivity contribution >= 4 is 17.0 Å². The van der Waals surface area contributed by atoms with Crippen molar-refractivity contribution in [2.45, 2.75) is 37.1 Å². The molecule has 11 heteroatoms. The molecule has 25 heavy (non-hydrogen) atoms. The fraction of sp³-hybridized carbons (Fsp3) is 0.429. The smallest absolute Gasteiger partial charge is 0.285 e. The summed E-state index contributed by atoms with van der Waals surface area (Å²) in [5.74, 6) is 5.99. The Bertz CT molecular complexity index is 948. The summed E-state index contributed by atoms with van der Waals surface area (Å²) in [4.78, 5) is 15.9. The van der Waals surface area contributed by atoms with Gasteiger partial charge in [0.1, 0.15) is 17.6 Å². The standard InChI is InChI=1S/C14H16FN5O5/c1-3-14(24)9(22)8(5(2)21)25-12(14)19-4-6(15)7-10(19)18-13(16)20(17)11(7)23/h1,4-5,8-9,12,21-22,24H,17H2,2H3,(H2,16,18)/t5-,8-,9?,12-,14-/m1/s1. The molecule has 1 fully saturated rings. The number of nitrogens with two attached hydrogens (primary N) is 2. The number of terminal acetylenes is 1. The van der Waals surface area contributed by atoms with Crippen LogP contribution in [0.2, 0.25) is 0 Å². The first-order valence-electron chi connectivity index (χ1n) is 7.18. The minimum atomic E-state index is -2.31. The summed E-state index contributed by atoms with van der Waals surface area (Å²) in [6.07, 6.45) is 0.506. The lowest BCUT2D eigenvalue weighted by atomic mass is 9.93. The summed E-state index contributed by atoms with van der Waals surface area (Å²) in [6.45, 7) is 1.32. The normalized spacial score (nSPS) is 30.5. The van der Waals surface area contributed by atoms with Crippen LogP contribution in [0.4, 0.5) is 10.3 Å². The number of anilines is 1. The number of rotatable bonds is 2. The van der Waals surface area contributed by atoms with Crippen molar-refractivity contribution in [2.75, 3.05) is 11.6 Å². The van der Waals surface area contributed by atoms with Crippen LogP contribution in [0, 0.1) is 18.2 Å². The Morgan fingerprint density at radius 3 is 2.80 bits per heavy atom. The molecule has 1 aliphatic rings. The molecule has 3 heterocycles. The number of hydrogen-bond donors (Lipinski definition) is 5. The average molecular weight is 353 g/mol. The Labute approximate surface area is 140 Å². The molecule has 2 aromatic heterocycles. The van der Waals surface area contributed by atoms with Gasteiger partial charge in [-0.2, -0.15) is 9.66 Å². The van der Waals surface area contributed by atoms with E-state index in [4.69, 9.17) is 22.7 Å². The number of ether oxygens (including phenoxy) is 1. The number of nitrogens with zero attached hydrogens (tertiary/aromatic N) is 3. The summed E-state index contributed by atoms with van der Waals surface area (Å²) >= 11 is 0. The van der Waals surface area contributed by atoms with Gasteiger partial charge in [-0.25, -0.2) is 4.39 Å². The van der Waals surface area contributed by atoms with Crippen molar-refractivity contribution in [3.8, 4) is 12.3 Å². The molecular formula is C14H16FN5O5. The number of fused-ring (bicyclic) bond motifs is 1. The molecule has 7 N–H and O–H groups in total. The predicted octanol–water partition coefficient (Wildman–Crippen LogP) is -2.36. The van der Waals surface area contributed by atoms with E-state index in [-0.39, 0.29) is 5.65 Å². The first-order valence-corrected chi connectivity index (χ1v) is 7.18. The SMILES string of the molecule is C#C[C@@]1(O)C(O)[C@@H]([C@@H](C)O)O[C@H]1n1cc(F)c2c(=O)n(N)c(N)nc21. The highest BCUT2D eigenvalue weighted by atomic mass is 19.1. The molecule has 0 spiro atoms. The van der Waals surface area contributed by atoms with Gasteiger partial charge >= 0.3 is 0 Å². The van der Waals surface area contributed by atoms with Gasteiger partial charge in [0, 0.05) is 6.20 Å². The molecule has 10 nitrogen and oxygen atoms in total. The van der Waals surface area contributed by atoms with E-state index in [1.54, 1.807) is 0 Å². The Hall–Kier alpha value is -2.65. The number of halogens is 1. The topological polar surface area (TPSA) is 162 Å². The maximum atomic E-state index is 14.3. The van der Waals surface area contributed by atoms with Crippen LogP contribution in [-0.2, 0) is 4.74 Å². The molecule has 5 atom stereocenters. The molecule has 3 rings (SSSR count). The monoisotopic (exact) mass is 353 g/mol. The molecular weight excluding hydrogens is 337 g/mol. The molecule has 0 amide bonds. The van der Waals surface area contributed by atoms with E-state index in [1.165, 1.54) is 6.92 Å². The lowest BCUT2D eigenvalue weighted by molar-refractivity contribution is -0.0846. The van der Waals surface area contributed by atoms with E-state index < -0.39 is 52.9 Å². The fourth-order valence-corrected chi connectivity index (χ4v) is 2.90. The lowest BCUT2D eigenvalue weighted by Crippen LogP contribution is -2.47. The number of hydrogen-bond acceptors (Lipinski definition) is 8. The van der Waals surface area contributed by atoms with Crippen molar-refractivity contribution in [2.24, 2.45) is 0 Å². The van der Waals surface area contributed by atoms with Crippen molar-refractivity contribution in [3.63, 3.8) is 0 Å². The van der Waals surface area contributed by atoms with Crippen LogP contribution < -0.4 is 17.1 Å². The zero-order valence-corrected chi connectivity index (χ0v) is 13.0. The highest BCUT2D eigenvalue weighted by Gasteiger charge is 2.57. The number of aromatic nitrogens is 3. The van der Waals surface area contributed by atoms with Crippen molar-refractivity contribution in [1.29, 1.82) is 0 Å². The number of aliphatic hydroxyl groups excluding tert-OH is 2. The molecule has 0 bridgehead atoms. The quantitative estimate of drug-likeness (QED) is 0.296. The molecule has 1 aliphatic heterocycles. The summed E-state index contributed by atoms with van der Waals surface area (Å²) < 4.78 is 21.1. The van der Waals surface area contributed by atoms with Crippen LogP contribution in [0.3, 0.4) is 0 Å². The average Bonchev–Trinajstić information content (AvgIpc) is 3.01. The summed E-state index contributed by atoms with van der Waals surface area (Å²) in [5.41, 5.74) is 1.98. The summed E-state index contributed by atoms with van der Waals surface area (Å²) in [7, 11) is 0. The highest BCUT2D eigenvalue weighted by molar-refractivity contribution is 5.77. The third-order valence-corrected chi connectivity index (χ3v) is 4.24. The molecule has 134 valence electrons. The second-order valence-electron chi connectivity index (χ2n) is 5.84. The van der Waals surface area contributed by atoms with Gasteiger partial charge in [0.05, 0.1) is 6.10 Å². The van der Waals surface area contributed by atoms with Crippen LogP contribution in [0.1, 0.15) is 13.2 Å². The minimum Gasteiger partial charge on any atom is -0.391 e. The van der Waals surface area contributed by atoms with Gasteiger partial charge in [-0.3, -0.25) is 9.36 Å². The van der Waals surface area contributed by atoms with Crippen LogP contribution >= 0.6 is 0 Å². The second kappa shape index (κ2) is 5.43. The zero-order chi connectivity index (χ0) is 18.7. The van der Waals surface area contributed by atoms with Gasteiger partial charge in [0.15, 0.2) is 23.3 Å². The van der Waals surface area contributed by atoms with Gasteiger partial charge in [-0.15, -0.1) is 6.42 Å². The fourth-order valence-electron chi connectivity index (χ4n) is 2.90. The maximum Gasteiger partial charge on any atom is 0.285 e. The first-order chi connectivity index (χ1) is 11.6. The van der Waals surface area contributed by atoms with Crippen LogP contribution in [0.25, 0.3) is 11.0 Å². The van der Waals surface area contributed by atoms with Gasteiger partial charge in [0.2, 0.25) is 5.95 Å². The van der Waals surface area contributed by atoms with E-state index in [0.717, 1.165) is 10.8 Å². The summed E-state index contributed by atoms with van der Waals surface area (Å²) in [5, 5.41) is 30.1. The first kappa shape index (κ1) is 17.2. The van der Waals surface area contributed by atoms with Crippen molar-refractivity contribution in [3.05, 3.63) is 22.4 Å². The third-order valence-electron chi connectivity index (χ3n) is 4.24. The number of nitrogen functional groups attached to an aromatic ring is 2. The second-order valence-corrected chi connectivity index (χ2v) is 5.84. The Kier molecular flexibility index (Phi) is 3.73. The van der Waals surface area contributed by atoms with Crippen molar-refractivity contribution < 1.29 is 24.4 Å². The third kappa shape index (κ3) is 2.19. The van der Waals surface area contributed by atoms with Gasteiger partial charge < -0.3 is 31.6 Å². The minimum absolute atomic E-state index is 0.279. The zero-order valence-electron chi connectivity index (χ0n) is 13.0. The largest absolute Gasteiger partial charge is 0.391 e. The van der Waals surface area contributed by atoms with E-state index in [1.807, 2.05) is 5.92 Å². The van der Waals surface area contributed by atoms with Gasteiger partial charge in [-0.05, 0) is 6.92 Å². The molecule has 1 saturated heterocycles. The molecule has 1 unspecified atom stereocenters.